The minimum atomic E-state index is -2.25. The van der Waals surface area contributed by atoms with E-state index < -0.39 is 45.7 Å². The number of carbonyl (C=O) groups is 3. The molecule has 1 amide bonds. The smallest absolute Gasteiger partial charge is 0.329 e. The van der Waals surface area contributed by atoms with Gasteiger partial charge in [-0.05, 0) is 37.3 Å². The van der Waals surface area contributed by atoms with Crippen molar-refractivity contribution < 1.29 is 28.8 Å². The molecular weight excluding hydrogens is 440 g/mol. The summed E-state index contributed by atoms with van der Waals surface area (Å²) in [6, 6.07) is 13.8. The first-order valence-corrected chi connectivity index (χ1v) is 11.3. The highest BCUT2D eigenvalue weighted by molar-refractivity contribution is 6.12. The maximum atomic E-state index is 13.8. The molecule has 1 heterocycles. The van der Waals surface area contributed by atoms with Gasteiger partial charge in [-0.15, -0.1) is 0 Å². The first-order valence-electron chi connectivity index (χ1n) is 11.3. The number of carbonyl (C=O) groups excluding carboxylic acids is 3. The Morgan fingerprint density at radius 2 is 1.71 bits per heavy atom. The third-order valence-corrected chi connectivity index (χ3v) is 6.58. The van der Waals surface area contributed by atoms with E-state index in [4.69, 9.17) is 9.47 Å². The van der Waals surface area contributed by atoms with Crippen molar-refractivity contribution in [2.45, 2.75) is 32.2 Å². The second-order valence-corrected chi connectivity index (χ2v) is 8.46. The largest absolute Gasteiger partial charge is 0.465 e. The Hall–Kier alpha value is -3.75. The van der Waals surface area contributed by atoms with E-state index in [1.165, 1.54) is 12.1 Å². The maximum Gasteiger partial charge on any atom is 0.329 e. The van der Waals surface area contributed by atoms with Crippen LogP contribution in [0.1, 0.15) is 30.5 Å². The van der Waals surface area contributed by atoms with Crippen molar-refractivity contribution in [2.24, 2.45) is 11.8 Å². The lowest BCUT2D eigenvalue weighted by Gasteiger charge is -2.40. The molecule has 0 N–H and O–H groups in total. The first kappa shape index (κ1) is 23.4. The van der Waals surface area contributed by atoms with E-state index in [-0.39, 0.29) is 18.8 Å². The average molecular weight is 466 g/mol. The van der Waals surface area contributed by atoms with E-state index in [0.717, 1.165) is 5.56 Å². The summed E-state index contributed by atoms with van der Waals surface area (Å²) >= 11 is 0. The Kier molecular flexibility index (Phi) is 6.37. The zero-order chi connectivity index (χ0) is 24.5. The molecule has 2 aliphatic rings. The highest BCUT2D eigenvalue weighted by Gasteiger charge is 2.68. The van der Waals surface area contributed by atoms with E-state index >= 15 is 0 Å². The Morgan fingerprint density at radius 3 is 2.29 bits per heavy atom. The highest BCUT2D eigenvalue weighted by atomic mass is 16.6. The number of likely N-dealkylation sites (tertiary alicyclic amines) is 1. The second kappa shape index (κ2) is 9.24. The van der Waals surface area contributed by atoms with E-state index in [1.54, 1.807) is 24.8 Å². The molecule has 0 spiro atoms. The van der Waals surface area contributed by atoms with Crippen LogP contribution in [-0.4, -0.2) is 47.4 Å². The molecule has 0 aromatic heterocycles. The van der Waals surface area contributed by atoms with E-state index in [9.17, 15) is 24.5 Å². The number of nitro groups is 1. The summed E-state index contributed by atoms with van der Waals surface area (Å²) in [5.41, 5.74) is -1.36. The van der Waals surface area contributed by atoms with Crippen molar-refractivity contribution in [1.82, 2.24) is 4.90 Å². The molecule has 0 bridgehead atoms. The lowest BCUT2D eigenvalue weighted by Crippen LogP contribution is -2.58. The van der Waals surface area contributed by atoms with Crippen molar-refractivity contribution in [3.05, 3.63) is 75.3 Å². The lowest BCUT2D eigenvalue weighted by molar-refractivity contribution is -0.386. The summed E-state index contributed by atoms with van der Waals surface area (Å²) in [5, 5.41) is 12.0. The predicted molar refractivity (Wildman–Crippen MR) is 121 cm³/mol. The Labute approximate surface area is 196 Å². The van der Waals surface area contributed by atoms with Gasteiger partial charge in [0.1, 0.15) is 0 Å². The van der Waals surface area contributed by atoms with Gasteiger partial charge in [-0.3, -0.25) is 24.5 Å². The van der Waals surface area contributed by atoms with Crippen molar-refractivity contribution in [2.75, 3.05) is 19.8 Å². The quantitative estimate of drug-likeness (QED) is 0.267. The number of fused-ring (bicyclic) bond motifs is 2. The zero-order valence-corrected chi connectivity index (χ0v) is 19.1. The normalized spacial score (nSPS) is 20.3. The van der Waals surface area contributed by atoms with Gasteiger partial charge in [-0.25, -0.2) is 0 Å². The van der Waals surface area contributed by atoms with Crippen LogP contribution in [0.5, 0.6) is 0 Å². The molecular formula is C25H26N2O7. The molecule has 0 unspecified atom stereocenters. The summed E-state index contributed by atoms with van der Waals surface area (Å²) in [4.78, 5) is 54.0. The third-order valence-electron chi connectivity index (χ3n) is 6.58. The van der Waals surface area contributed by atoms with E-state index in [0.29, 0.717) is 25.1 Å². The number of hydrogen-bond acceptors (Lipinski definition) is 7. The van der Waals surface area contributed by atoms with Crippen molar-refractivity contribution in [1.29, 1.82) is 0 Å². The van der Waals surface area contributed by atoms with Gasteiger partial charge in [-0.2, -0.15) is 0 Å². The monoisotopic (exact) mass is 466 g/mol. The number of esters is 2. The van der Waals surface area contributed by atoms with Gasteiger partial charge in [0.2, 0.25) is 11.3 Å². The van der Waals surface area contributed by atoms with Crippen LogP contribution >= 0.6 is 0 Å². The molecule has 4 rings (SSSR count). The Bertz CT molecular complexity index is 1110. The molecule has 0 radical (unpaired) electrons. The molecule has 2 aromatic rings. The van der Waals surface area contributed by atoms with Crippen LogP contribution in [0.3, 0.4) is 0 Å². The summed E-state index contributed by atoms with van der Waals surface area (Å²) in [7, 11) is 0. The predicted octanol–water partition coefficient (Wildman–Crippen LogP) is 2.79. The van der Waals surface area contributed by atoms with Crippen LogP contribution in [0, 0.1) is 22.0 Å². The third kappa shape index (κ3) is 3.61. The lowest BCUT2D eigenvalue weighted by atomic mass is 9.59. The van der Waals surface area contributed by atoms with Crippen molar-refractivity contribution in [3.8, 4) is 0 Å². The summed E-state index contributed by atoms with van der Waals surface area (Å²) in [6.07, 6.45) is 0.319. The van der Waals surface area contributed by atoms with Crippen molar-refractivity contribution in [3.63, 3.8) is 0 Å². The molecule has 178 valence electrons. The molecule has 9 heteroatoms. The van der Waals surface area contributed by atoms with Gasteiger partial charge in [0.25, 0.3) is 5.69 Å². The number of nitro benzene ring substituents is 1. The highest BCUT2D eigenvalue weighted by Crippen LogP contribution is 2.53. The summed E-state index contributed by atoms with van der Waals surface area (Å²) in [5.74, 6) is -3.98. The van der Waals surface area contributed by atoms with Gasteiger partial charge in [0, 0.05) is 19.2 Å². The minimum absolute atomic E-state index is 0.0603. The van der Waals surface area contributed by atoms with Gasteiger partial charge in [0.05, 0.1) is 29.6 Å². The van der Waals surface area contributed by atoms with Crippen molar-refractivity contribution >= 4 is 23.5 Å². The fraction of sp³-hybridized carbons (Fsp3) is 0.400. The van der Waals surface area contributed by atoms with Gasteiger partial charge in [-0.1, -0.05) is 42.5 Å². The molecule has 9 nitrogen and oxygen atoms in total. The Balaban J connectivity index is 1.92. The number of benzene rings is 2. The van der Waals surface area contributed by atoms with E-state index in [1.807, 2.05) is 30.3 Å². The van der Waals surface area contributed by atoms with Gasteiger partial charge in [0.15, 0.2) is 0 Å². The van der Waals surface area contributed by atoms with Crippen LogP contribution < -0.4 is 0 Å². The topological polar surface area (TPSA) is 116 Å². The molecule has 1 saturated heterocycles. The fourth-order valence-electron chi connectivity index (χ4n) is 5.38. The van der Waals surface area contributed by atoms with Crippen LogP contribution in [0.15, 0.2) is 48.5 Å². The molecule has 0 saturated carbocycles. The summed E-state index contributed by atoms with van der Waals surface area (Å²) in [6.45, 7) is 3.64. The number of rotatable bonds is 7. The first-order chi connectivity index (χ1) is 16.4. The molecule has 1 aliphatic heterocycles. The minimum Gasteiger partial charge on any atom is -0.465 e. The molecule has 34 heavy (non-hydrogen) atoms. The van der Waals surface area contributed by atoms with Crippen LogP contribution in [0.25, 0.3) is 0 Å². The average Bonchev–Trinajstić information content (AvgIpc) is 3.12. The number of hydrogen-bond donors (Lipinski definition) is 0. The van der Waals surface area contributed by atoms with Crippen LogP contribution in [0.4, 0.5) is 5.69 Å². The maximum absolute atomic E-state index is 13.8. The van der Waals surface area contributed by atoms with Crippen LogP contribution in [-0.2, 0) is 42.2 Å². The fourth-order valence-corrected chi connectivity index (χ4v) is 5.38. The molecule has 1 fully saturated rings. The van der Waals surface area contributed by atoms with Gasteiger partial charge >= 0.3 is 11.9 Å². The second-order valence-electron chi connectivity index (χ2n) is 8.46. The molecule has 2 atom stereocenters. The molecule has 2 aromatic carbocycles. The summed E-state index contributed by atoms with van der Waals surface area (Å²) < 4.78 is 10.6. The number of ether oxygens (including phenoxy) is 2. The molecule has 1 aliphatic carbocycles. The Morgan fingerprint density at radius 1 is 1.06 bits per heavy atom. The number of nitrogens with zero attached hydrogens (tertiary/aromatic N) is 2. The number of amides is 1. The van der Waals surface area contributed by atoms with Crippen LogP contribution in [0.2, 0.25) is 0 Å². The SMILES string of the molecule is CCOC(=O)C1(C(=O)OCC)c2c(cccc2[N+](=O)[O-])C[C@H]2CN(Cc3ccccc3)C(=O)[C@@H]21. The van der Waals surface area contributed by atoms with E-state index in [2.05, 4.69) is 0 Å². The zero-order valence-electron chi connectivity index (χ0n) is 19.1. The standard InChI is InChI=1S/C25H26N2O7/c1-3-33-23(29)25(24(30)34-4-2)20-17(11-8-12-19(20)27(31)32)13-18-15-26(22(28)21(18)25)14-16-9-6-5-7-10-16/h5-12,18,21H,3-4,13-15H2,1-2H3/t18-,21+/m0/s1. The van der Waals surface area contributed by atoms with Gasteiger partial charge < -0.3 is 14.4 Å².